The van der Waals surface area contributed by atoms with Crippen molar-refractivity contribution in [2.75, 3.05) is 6.61 Å². The van der Waals surface area contributed by atoms with Crippen LogP contribution in [-0.2, 0) is 11.3 Å². The number of hydrogen-bond donors (Lipinski definition) is 1. The van der Waals surface area contributed by atoms with Gasteiger partial charge in [-0.3, -0.25) is 0 Å². The topological polar surface area (TPSA) is 21.3 Å². The molecule has 1 aromatic heterocycles. The highest BCUT2D eigenvalue weighted by Crippen LogP contribution is 2.32. The van der Waals surface area contributed by atoms with Gasteiger partial charge in [-0.05, 0) is 54.6 Å². The van der Waals surface area contributed by atoms with Gasteiger partial charge in [-0.25, -0.2) is 0 Å². The average Bonchev–Trinajstić information content (AvgIpc) is 2.76. The first-order valence-corrected chi connectivity index (χ1v) is 8.81. The molecule has 19 heavy (non-hydrogen) atoms. The molecule has 1 atom stereocenters. The van der Waals surface area contributed by atoms with Crippen molar-refractivity contribution in [2.45, 2.75) is 64.6 Å². The molecule has 1 aliphatic heterocycles. The molecule has 0 saturated carbocycles. The molecule has 4 heteroatoms. The summed E-state index contributed by atoms with van der Waals surface area (Å²) >= 11 is 5.46. The molecular weight excluding hydrogens is 322 g/mol. The number of rotatable bonds is 5. The second-order valence-corrected chi connectivity index (χ2v) is 7.62. The average molecular weight is 346 g/mol. The number of halogens is 1. The molecular formula is C15H24BrNOS. The standard InChI is InChI=1S/C15H24BrNOS/c1-4-15(5-2)9-12(6-7-18-15)17-10-13-8-14(16)11(3)19-13/h8,12,17H,4-7,9-10H2,1-3H3. The normalized spacial score (nSPS) is 22.6. The molecule has 0 bridgehead atoms. The molecule has 0 amide bonds. The number of nitrogens with one attached hydrogen (secondary N) is 1. The van der Waals surface area contributed by atoms with E-state index >= 15 is 0 Å². The van der Waals surface area contributed by atoms with Crippen LogP contribution in [0.5, 0.6) is 0 Å². The summed E-state index contributed by atoms with van der Waals surface area (Å²) in [6.45, 7) is 8.51. The van der Waals surface area contributed by atoms with Crippen LogP contribution in [0.3, 0.4) is 0 Å². The van der Waals surface area contributed by atoms with Crippen molar-refractivity contribution in [1.82, 2.24) is 5.32 Å². The second-order valence-electron chi connectivity index (χ2n) is 5.43. The van der Waals surface area contributed by atoms with Gasteiger partial charge in [0.15, 0.2) is 0 Å². The minimum atomic E-state index is 0.113. The van der Waals surface area contributed by atoms with Gasteiger partial charge in [0.25, 0.3) is 0 Å². The van der Waals surface area contributed by atoms with Gasteiger partial charge >= 0.3 is 0 Å². The summed E-state index contributed by atoms with van der Waals surface area (Å²) in [6.07, 6.45) is 4.51. The first-order chi connectivity index (χ1) is 9.08. The van der Waals surface area contributed by atoms with Gasteiger partial charge in [-0.1, -0.05) is 13.8 Å². The van der Waals surface area contributed by atoms with Crippen molar-refractivity contribution in [3.63, 3.8) is 0 Å². The monoisotopic (exact) mass is 345 g/mol. The van der Waals surface area contributed by atoms with Crippen LogP contribution in [0.2, 0.25) is 0 Å². The van der Waals surface area contributed by atoms with E-state index < -0.39 is 0 Å². The zero-order valence-corrected chi connectivity index (χ0v) is 14.5. The maximum absolute atomic E-state index is 6.02. The highest BCUT2D eigenvalue weighted by atomic mass is 79.9. The van der Waals surface area contributed by atoms with Gasteiger partial charge in [0.1, 0.15) is 0 Å². The van der Waals surface area contributed by atoms with E-state index in [-0.39, 0.29) is 5.60 Å². The molecule has 0 aliphatic carbocycles. The Labute approximate surface area is 129 Å². The zero-order valence-electron chi connectivity index (χ0n) is 12.1. The summed E-state index contributed by atoms with van der Waals surface area (Å²) in [7, 11) is 0. The van der Waals surface area contributed by atoms with Crippen LogP contribution < -0.4 is 5.32 Å². The van der Waals surface area contributed by atoms with E-state index in [1.54, 1.807) is 0 Å². The van der Waals surface area contributed by atoms with Crippen LogP contribution >= 0.6 is 27.3 Å². The van der Waals surface area contributed by atoms with E-state index in [1.807, 2.05) is 11.3 Å². The van der Waals surface area contributed by atoms with Crippen LogP contribution in [0.15, 0.2) is 10.5 Å². The Morgan fingerprint density at radius 2 is 2.21 bits per heavy atom. The highest BCUT2D eigenvalue weighted by Gasteiger charge is 2.34. The number of hydrogen-bond acceptors (Lipinski definition) is 3. The summed E-state index contributed by atoms with van der Waals surface area (Å²) in [5.74, 6) is 0. The van der Waals surface area contributed by atoms with E-state index in [0.29, 0.717) is 6.04 Å². The Balaban J connectivity index is 1.89. The first-order valence-electron chi connectivity index (χ1n) is 7.20. The molecule has 0 aromatic carbocycles. The van der Waals surface area contributed by atoms with E-state index in [1.165, 1.54) is 14.2 Å². The fraction of sp³-hybridized carbons (Fsp3) is 0.733. The minimum Gasteiger partial charge on any atom is -0.375 e. The number of ether oxygens (including phenoxy) is 1. The summed E-state index contributed by atoms with van der Waals surface area (Å²) in [5, 5.41) is 3.71. The third kappa shape index (κ3) is 3.81. The Hall–Kier alpha value is 0.1000. The molecule has 1 fully saturated rings. The van der Waals surface area contributed by atoms with Gasteiger partial charge < -0.3 is 10.1 Å². The third-order valence-corrected chi connectivity index (χ3v) is 6.39. The summed E-state index contributed by atoms with van der Waals surface area (Å²) in [6, 6.07) is 2.83. The van der Waals surface area contributed by atoms with Crippen molar-refractivity contribution in [1.29, 1.82) is 0 Å². The Kier molecular flexibility index (Phi) is 5.46. The lowest BCUT2D eigenvalue weighted by Gasteiger charge is -2.40. The third-order valence-electron chi connectivity index (χ3n) is 4.25. The van der Waals surface area contributed by atoms with Gasteiger partial charge in [0.05, 0.1) is 5.60 Å². The Morgan fingerprint density at radius 3 is 2.79 bits per heavy atom. The predicted octanol–water partition coefficient (Wildman–Crippen LogP) is 4.65. The molecule has 1 saturated heterocycles. The van der Waals surface area contributed by atoms with Crippen molar-refractivity contribution in [3.8, 4) is 0 Å². The van der Waals surface area contributed by atoms with Crippen LogP contribution in [0.25, 0.3) is 0 Å². The molecule has 0 radical (unpaired) electrons. The van der Waals surface area contributed by atoms with Gasteiger partial charge in [0.2, 0.25) is 0 Å². The largest absolute Gasteiger partial charge is 0.375 e. The van der Waals surface area contributed by atoms with Crippen LogP contribution in [0.4, 0.5) is 0 Å². The molecule has 108 valence electrons. The van der Waals surface area contributed by atoms with E-state index in [4.69, 9.17) is 4.74 Å². The van der Waals surface area contributed by atoms with Gasteiger partial charge in [-0.2, -0.15) is 0 Å². The van der Waals surface area contributed by atoms with Crippen molar-refractivity contribution in [2.24, 2.45) is 0 Å². The highest BCUT2D eigenvalue weighted by molar-refractivity contribution is 9.10. The molecule has 1 aliphatic rings. The maximum Gasteiger partial charge on any atom is 0.0692 e. The fourth-order valence-corrected chi connectivity index (χ4v) is 4.35. The lowest BCUT2D eigenvalue weighted by molar-refractivity contribution is -0.0931. The molecule has 2 rings (SSSR count). The molecule has 1 unspecified atom stereocenters. The molecule has 1 aromatic rings. The van der Waals surface area contributed by atoms with Gasteiger partial charge in [0, 0.05) is 33.4 Å². The van der Waals surface area contributed by atoms with Crippen LogP contribution in [0.1, 0.15) is 49.3 Å². The molecule has 0 spiro atoms. The minimum absolute atomic E-state index is 0.113. The molecule has 2 nitrogen and oxygen atoms in total. The van der Waals surface area contributed by atoms with Crippen molar-refractivity contribution in [3.05, 3.63) is 20.3 Å². The Morgan fingerprint density at radius 1 is 1.47 bits per heavy atom. The van der Waals surface area contributed by atoms with Gasteiger partial charge in [-0.15, -0.1) is 11.3 Å². The van der Waals surface area contributed by atoms with E-state index in [2.05, 4.69) is 48.1 Å². The lowest BCUT2D eigenvalue weighted by atomic mass is 9.86. The van der Waals surface area contributed by atoms with Crippen LogP contribution in [-0.4, -0.2) is 18.2 Å². The number of aryl methyl sites for hydroxylation is 1. The summed E-state index contributed by atoms with van der Waals surface area (Å²) in [5.41, 5.74) is 0.113. The fourth-order valence-electron chi connectivity index (χ4n) is 2.79. The zero-order chi connectivity index (χ0) is 13.9. The van der Waals surface area contributed by atoms with Crippen molar-refractivity contribution >= 4 is 27.3 Å². The second kappa shape index (κ2) is 6.70. The summed E-state index contributed by atoms with van der Waals surface area (Å²) in [4.78, 5) is 2.77. The maximum atomic E-state index is 6.02. The lowest BCUT2D eigenvalue weighted by Crippen LogP contribution is -2.46. The first kappa shape index (κ1) is 15.5. The summed E-state index contributed by atoms with van der Waals surface area (Å²) < 4.78 is 7.26. The van der Waals surface area contributed by atoms with E-state index in [9.17, 15) is 0 Å². The number of thiophene rings is 1. The van der Waals surface area contributed by atoms with E-state index in [0.717, 1.165) is 38.8 Å². The smallest absolute Gasteiger partial charge is 0.0692 e. The predicted molar refractivity (Wildman–Crippen MR) is 85.9 cm³/mol. The quantitative estimate of drug-likeness (QED) is 0.838. The SMILES string of the molecule is CCC1(CC)CC(NCc2cc(Br)c(C)s2)CCO1. The molecule has 2 heterocycles. The Bertz CT molecular complexity index is 395. The van der Waals surface area contributed by atoms with Crippen LogP contribution in [0, 0.1) is 6.92 Å². The molecule has 1 N–H and O–H groups in total. The van der Waals surface area contributed by atoms with Crippen molar-refractivity contribution < 1.29 is 4.74 Å².